The summed E-state index contributed by atoms with van der Waals surface area (Å²) >= 11 is 0. The van der Waals surface area contributed by atoms with E-state index in [1.54, 1.807) is 0 Å². The number of aromatic nitrogens is 2. The van der Waals surface area contributed by atoms with Crippen LogP contribution in [0.5, 0.6) is 0 Å². The van der Waals surface area contributed by atoms with Crippen LogP contribution in [-0.4, -0.2) is 41.1 Å². The summed E-state index contributed by atoms with van der Waals surface area (Å²) < 4.78 is 2.12. The zero-order chi connectivity index (χ0) is 14.4. The fraction of sp³-hybridized carbons (Fsp3) is 0.812. The number of hydrogen-bond donors (Lipinski definition) is 1. The van der Waals surface area contributed by atoms with E-state index in [1.807, 2.05) is 12.4 Å². The van der Waals surface area contributed by atoms with Gasteiger partial charge in [0.05, 0.1) is 6.54 Å². The average molecular weight is 278 g/mol. The van der Waals surface area contributed by atoms with Crippen molar-refractivity contribution >= 4 is 0 Å². The third kappa shape index (κ3) is 4.06. The maximum absolute atomic E-state index is 4.44. The Morgan fingerprint density at radius 3 is 2.70 bits per heavy atom. The molecule has 4 heteroatoms. The molecule has 1 aliphatic rings. The maximum Gasteiger partial charge on any atom is 0.122 e. The van der Waals surface area contributed by atoms with Crippen LogP contribution in [-0.2, 0) is 13.6 Å². The van der Waals surface area contributed by atoms with Crippen molar-refractivity contribution < 1.29 is 0 Å². The topological polar surface area (TPSA) is 33.1 Å². The normalized spacial score (nSPS) is 18.6. The molecule has 1 N–H and O–H groups in total. The van der Waals surface area contributed by atoms with E-state index in [1.165, 1.54) is 38.6 Å². The summed E-state index contributed by atoms with van der Waals surface area (Å²) in [6, 6.07) is 0. The predicted octanol–water partition coefficient (Wildman–Crippen LogP) is 2.41. The fourth-order valence-corrected chi connectivity index (χ4v) is 3.50. The summed E-state index contributed by atoms with van der Waals surface area (Å²) in [6.07, 6.45) is 10.8. The number of rotatable bonds is 7. The van der Waals surface area contributed by atoms with Gasteiger partial charge in [-0.2, -0.15) is 0 Å². The van der Waals surface area contributed by atoms with Crippen LogP contribution < -0.4 is 5.32 Å². The van der Waals surface area contributed by atoms with Crippen LogP contribution >= 0.6 is 0 Å². The largest absolute Gasteiger partial charge is 0.337 e. The molecule has 114 valence electrons. The third-order valence-corrected chi connectivity index (χ3v) is 4.60. The van der Waals surface area contributed by atoms with Gasteiger partial charge in [0.2, 0.25) is 0 Å². The molecule has 20 heavy (non-hydrogen) atoms. The maximum atomic E-state index is 4.44. The number of nitrogens with zero attached hydrogens (tertiary/aromatic N) is 3. The Hall–Kier alpha value is -0.870. The minimum atomic E-state index is 0.466. The van der Waals surface area contributed by atoms with Crippen LogP contribution in [0, 0.1) is 5.41 Å². The van der Waals surface area contributed by atoms with Crippen molar-refractivity contribution in [3.8, 4) is 0 Å². The molecule has 0 bridgehead atoms. The first-order chi connectivity index (χ1) is 9.65. The molecule has 2 rings (SSSR count). The lowest BCUT2D eigenvalue weighted by Gasteiger charge is -2.40. The highest BCUT2D eigenvalue weighted by molar-refractivity contribution is 4.93. The highest BCUT2D eigenvalue weighted by Gasteiger charge is 2.32. The molecule has 0 radical (unpaired) electrons. The monoisotopic (exact) mass is 278 g/mol. The van der Waals surface area contributed by atoms with E-state index in [-0.39, 0.29) is 0 Å². The molecule has 0 spiro atoms. The lowest BCUT2D eigenvalue weighted by Crippen LogP contribution is -2.44. The van der Waals surface area contributed by atoms with Crippen molar-refractivity contribution in [1.29, 1.82) is 0 Å². The number of nitrogens with one attached hydrogen (secondary N) is 1. The summed E-state index contributed by atoms with van der Waals surface area (Å²) in [5.41, 5.74) is 0.466. The van der Waals surface area contributed by atoms with Gasteiger partial charge >= 0.3 is 0 Å². The van der Waals surface area contributed by atoms with Gasteiger partial charge in [-0.15, -0.1) is 0 Å². The van der Waals surface area contributed by atoms with Gasteiger partial charge in [-0.3, -0.25) is 4.90 Å². The number of aryl methyl sites for hydroxylation is 1. The molecule has 1 aromatic rings. The van der Waals surface area contributed by atoms with E-state index in [0.29, 0.717) is 5.41 Å². The number of imidazole rings is 1. The van der Waals surface area contributed by atoms with E-state index in [2.05, 4.69) is 40.8 Å². The molecule has 0 unspecified atom stereocenters. The SMILES string of the molecule is CCNCC1(CN(C)Cc2nccn2C)CCCCC1. The Morgan fingerprint density at radius 1 is 1.35 bits per heavy atom. The Morgan fingerprint density at radius 2 is 2.10 bits per heavy atom. The van der Waals surface area contributed by atoms with Gasteiger partial charge in [0, 0.05) is 32.5 Å². The van der Waals surface area contributed by atoms with Gasteiger partial charge in [-0.05, 0) is 31.8 Å². The van der Waals surface area contributed by atoms with Gasteiger partial charge < -0.3 is 9.88 Å². The molecule has 0 atom stereocenters. The molecule has 0 saturated heterocycles. The smallest absolute Gasteiger partial charge is 0.122 e. The lowest BCUT2D eigenvalue weighted by molar-refractivity contribution is 0.112. The fourth-order valence-electron chi connectivity index (χ4n) is 3.50. The highest BCUT2D eigenvalue weighted by atomic mass is 15.2. The van der Waals surface area contributed by atoms with Crippen LogP contribution in [0.15, 0.2) is 12.4 Å². The van der Waals surface area contributed by atoms with E-state index in [4.69, 9.17) is 0 Å². The minimum Gasteiger partial charge on any atom is -0.337 e. The first kappa shape index (κ1) is 15.5. The summed E-state index contributed by atoms with van der Waals surface area (Å²) in [5, 5.41) is 3.59. The van der Waals surface area contributed by atoms with Crippen molar-refractivity contribution in [2.45, 2.75) is 45.6 Å². The van der Waals surface area contributed by atoms with Crippen molar-refractivity contribution in [3.05, 3.63) is 18.2 Å². The van der Waals surface area contributed by atoms with Gasteiger partial charge in [-0.1, -0.05) is 26.2 Å². The summed E-state index contributed by atoms with van der Waals surface area (Å²) in [5.74, 6) is 1.15. The van der Waals surface area contributed by atoms with Gasteiger partial charge in [-0.25, -0.2) is 4.98 Å². The summed E-state index contributed by atoms with van der Waals surface area (Å²) in [6.45, 7) is 6.55. The van der Waals surface area contributed by atoms with Crippen LogP contribution in [0.4, 0.5) is 0 Å². The average Bonchev–Trinajstić information content (AvgIpc) is 2.83. The molecule has 4 nitrogen and oxygen atoms in total. The zero-order valence-corrected chi connectivity index (χ0v) is 13.4. The van der Waals surface area contributed by atoms with Crippen molar-refractivity contribution in [2.75, 3.05) is 26.7 Å². The molecular weight excluding hydrogens is 248 g/mol. The second-order valence-corrected chi connectivity index (χ2v) is 6.47. The van der Waals surface area contributed by atoms with Gasteiger partial charge in [0.15, 0.2) is 0 Å². The molecular formula is C16H30N4. The molecule has 1 heterocycles. The molecule has 0 aromatic carbocycles. The molecule has 0 aliphatic heterocycles. The Balaban J connectivity index is 1.94. The van der Waals surface area contributed by atoms with Gasteiger partial charge in [0.1, 0.15) is 5.82 Å². The van der Waals surface area contributed by atoms with Gasteiger partial charge in [0.25, 0.3) is 0 Å². The van der Waals surface area contributed by atoms with E-state index >= 15 is 0 Å². The Bertz CT molecular complexity index is 393. The lowest BCUT2D eigenvalue weighted by atomic mass is 9.73. The molecule has 1 aliphatic carbocycles. The molecule has 1 saturated carbocycles. The second kappa shape index (κ2) is 7.23. The second-order valence-electron chi connectivity index (χ2n) is 6.47. The Labute approximate surface area is 123 Å². The highest BCUT2D eigenvalue weighted by Crippen LogP contribution is 2.36. The number of hydrogen-bond acceptors (Lipinski definition) is 3. The third-order valence-electron chi connectivity index (χ3n) is 4.60. The Kier molecular flexibility index (Phi) is 5.61. The van der Waals surface area contributed by atoms with E-state index < -0.39 is 0 Å². The van der Waals surface area contributed by atoms with Crippen LogP contribution in [0.2, 0.25) is 0 Å². The van der Waals surface area contributed by atoms with E-state index in [9.17, 15) is 0 Å². The minimum absolute atomic E-state index is 0.466. The molecule has 0 amide bonds. The quantitative estimate of drug-likeness (QED) is 0.831. The van der Waals surface area contributed by atoms with Crippen molar-refractivity contribution in [1.82, 2.24) is 19.8 Å². The van der Waals surface area contributed by atoms with E-state index in [0.717, 1.165) is 25.5 Å². The molecule has 1 fully saturated rings. The summed E-state index contributed by atoms with van der Waals surface area (Å²) in [7, 11) is 4.31. The predicted molar refractivity (Wildman–Crippen MR) is 83.6 cm³/mol. The first-order valence-electron chi connectivity index (χ1n) is 8.01. The first-order valence-corrected chi connectivity index (χ1v) is 8.01. The molecule has 1 aromatic heterocycles. The van der Waals surface area contributed by atoms with Crippen LogP contribution in [0.3, 0.4) is 0 Å². The standard InChI is InChI=1S/C16H30N4/c1-4-17-13-16(8-6-5-7-9-16)14-19(2)12-15-18-10-11-20(15)3/h10-11,17H,4-9,12-14H2,1-3H3. The summed E-state index contributed by atoms with van der Waals surface area (Å²) in [4.78, 5) is 6.89. The van der Waals surface area contributed by atoms with Crippen molar-refractivity contribution in [2.24, 2.45) is 12.5 Å². The van der Waals surface area contributed by atoms with Crippen molar-refractivity contribution in [3.63, 3.8) is 0 Å². The zero-order valence-electron chi connectivity index (χ0n) is 13.4. The van der Waals surface area contributed by atoms with Crippen LogP contribution in [0.1, 0.15) is 44.9 Å². The van der Waals surface area contributed by atoms with Crippen LogP contribution in [0.25, 0.3) is 0 Å².